The highest BCUT2D eigenvalue weighted by Crippen LogP contribution is 2.00. The van der Waals surface area contributed by atoms with E-state index in [1.807, 2.05) is 11.8 Å². The molecule has 0 aromatic rings. The van der Waals surface area contributed by atoms with Gasteiger partial charge in [0.05, 0.1) is 19.5 Å². The summed E-state index contributed by atoms with van der Waals surface area (Å²) in [4.78, 5) is 6.26. The minimum absolute atomic E-state index is 0.481. The third-order valence-corrected chi connectivity index (χ3v) is 4.38. The molecule has 1 fully saturated rings. The molecule has 0 radical (unpaired) electrons. The van der Waals surface area contributed by atoms with Gasteiger partial charge in [-0.2, -0.15) is 0 Å². The topological polar surface area (TPSA) is 88.2 Å². The largest absolute Gasteiger partial charge is 0.378 e. The van der Waals surface area contributed by atoms with Gasteiger partial charge in [-0.3, -0.25) is 4.99 Å². The van der Waals surface area contributed by atoms with Crippen molar-refractivity contribution in [2.24, 2.45) is 10.7 Å². The van der Waals surface area contributed by atoms with Crippen LogP contribution in [0.3, 0.4) is 0 Å². The fourth-order valence-corrected chi connectivity index (χ4v) is 2.82. The molecule has 0 aliphatic carbocycles. The van der Waals surface area contributed by atoms with E-state index in [9.17, 15) is 8.42 Å². The highest BCUT2D eigenvalue weighted by atomic mass is 32.2. The summed E-state index contributed by atoms with van der Waals surface area (Å²) >= 11 is 0. The Morgan fingerprint density at radius 2 is 2.05 bits per heavy atom. The monoisotopic (exact) mass is 292 g/mol. The highest BCUT2D eigenvalue weighted by Gasteiger charge is 2.14. The Morgan fingerprint density at radius 1 is 1.42 bits per heavy atom. The van der Waals surface area contributed by atoms with Crippen molar-refractivity contribution in [3.05, 3.63) is 0 Å². The third kappa shape index (κ3) is 5.75. The summed E-state index contributed by atoms with van der Waals surface area (Å²) in [6.45, 7) is 6.21. The fourth-order valence-electron chi connectivity index (χ4n) is 1.89. The molecule has 1 heterocycles. The third-order valence-electron chi connectivity index (χ3n) is 3.00. The van der Waals surface area contributed by atoms with Gasteiger partial charge in [0.2, 0.25) is 10.0 Å². The summed E-state index contributed by atoms with van der Waals surface area (Å²) in [5.41, 5.74) is 5.87. The van der Waals surface area contributed by atoms with Crippen LogP contribution in [0.4, 0.5) is 0 Å². The summed E-state index contributed by atoms with van der Waals surface area (Å²) in [6.07, 6.45) is 1.90. The first kappa shape index (κ1) is 16.2. The van der Waals surface area contributed by atoms with Crippen molar-refractivity contribution in [3.8, 4) is 0 Å². The van der Waals surface area contributed by atoms with Crippen LogP contribution < -0.4 is 5.73 Å². The predicted molar refractivity (Wildman–Crippen MR) is 75.6 cm³/mol. The lowest BCUT2D eigenvalue weighted by Gasteiger charge is -2.27. The number of guanidine groups is 1. The summed E-state index contributed by atoms with van der Waals surface area (Å²) in [6, 6.07) is 0. The number of hydrogen-bond donors (Lipinski definition) is 1. The second-order valence-corrected chi connectivity index (χ2v) is 6.43. The zero-order valence-corrected chi connectivity index (χ0v) is 12.5. The molecule has 0 unspecified atom stereocenters. The Kier molecular flexibility index (Phi) is 6.53. The Hall–Kier alpha value is -0.860. The second-order valence-electron chi connectivity index (χ2n) is 4.45. The van der Waals surface area contributed by atoms with Gasteiger partial charge in [-0.15, -0.1) is 0 Å². The Balaban J connectivity index is 2.32. The lowest BCUT2D eigenvalue weighted by atomic mass is 10.4. The maximum atomic E-state index is 11.4. The smallest absolute Gasteiger partial charge is 0.211 e. The van der Waals surface area contributed by atoms with Crippen molar-refractivity contribution in [2.75, 3.05) is 52.2 Å². The van der Waals surface area contributed by atoms with Gasteiger partial charge >= 0.3 is 0 Å². The van der Waals surface area contributed by atoms with Gasteiger partial charge < -0.3 is 15.4 Å². The number of rotatable bonds is 6. The molecule has 112 valence electrons. The Morgan fingerprint density at radius 3 is 2.58 bits per heavy atom. The van der Waals surface area contributed by atoms with Gasteiger partial charge in [-0.05, 0) is 6.42 Å². The molecule has 8 heteroatoms. The molecule has 1 rings (SSSR count). The van der Waals surface area contributed by atoms with Crippen LogP contribution in [0.5, 0.6) is 0 Å². The van der Waals surface area contributed by atoms with Crippen LogP contribution in [0.1, 0.15) is 13.3 Å². The first-order valence-corrected chi connectivity index (χ1v) is 8.37. The van der Waals surface area contributed by atoms with Crippen molar-refractivity contribution < 1.29 is 13.2 Å². The van der Waals surface area contributed by atoms with E-state index in [4.69, 9.17) is 10.5 Å². The fraction of sp³-hybridized carbons (Fsp3) is 0.909. The maximum Gasteiger partial charge on any atom is 0.211 e. The normalized spacial score (nSPS) is 18.1. The molecule has 1 saturated heterocycles. The van der Waals surface area contributed by atoms with Crippen LogP contribution in [0, 0.1) is 0 Å². The summed E-state index contributed by atoms with van der Waals surface area (Å²) in [5.74, 6) is 0.519. The Labute approximate surface area is 115 Å². The van der Waals surface area contributed by atoms with Gasteiger partial charge in [-0.1, -0.05) is 6.92 Å². The molecule has 0 aromatic carbocycles. The van der Waals surface area contributed by atoms with E-state index in [1.54, 1.807) is 0 Å². The average Bonchev–Trinajstić information content (AvgIpc) is 2.38. The van der Waals surface area contributed by atoms with Crippen molar-refractivity contribution in [2.45, 2.75) is 13.3 Å². The van der Waals surface area contributed by atoms with Gasteiger partial charge in [0.1, 0.15) is 0 Å². The number of sulfonamides is 1. The van der Waals surface area contributed by atoms with E-state index in [-0.39, 0.29) is 0 Å². The molecule has 2 N–H and O–H groups in total. The van der Waals surface area contributed by atoms with Gasteiger partial charge in [0.15, 0.2) is 5.96 Å². The van der Waals surface area contributed by atoms with E-state index in [0.29, 0.717) is 45.2 Å². The predicted octanol–water partition coefficient (Wildman–Crippen LogP) is -0.695. The van der Waals surface area contributed by atoms with Gasteiger partial charge in [-0.25, -0.2) is 12.7 Å². The molecule has 0 aromatic heterocycles. The van der Waals surface area contributed by atoms with E-state index in [0.717, 1.165) is 13.1 Å². The van der Waals surface area contributed by atoms with Gasteiger partial charge in [0, 0.05) is 32.7 Å². The molecule has 0 saturated carbocycles. The molecule has 0 amide bonds. The van der Waals surface area contributed by atoms with E-state index in [2.05, 4.69) is 4.99 Å². The number of aliphatic imine (C=N–C) groups is 1. The van der Waals surface area contributed by atoms with Crippen LogP contribution in [0.2, 0.25) is 0 Å². The van der Waals surface area contributed by atoms with Crippen LogP contribution in [0.25, 0.3) is 0 Å². The molecule has 0 bridgehead atoms. The minimum atomic E-state index is -3.11. The molecule has 0 atom stereocenters. The molecule has 1 aliphatic heterocycles. The van der Waals surface area contributed by atoms with Crippen LogP contribution >= 0.6 is 0 Å². The van der Waals surface area contributed by atoms with Crippen molar-refractivity contribution >= 4 is 16.0 Å². The second kappa shape index (κ2) is 7.66. The number of hydrogen-bond acceptors (Lipinski definition) is 4. The zero-order valence-electron chi connectivity index (χ0n) is 11.7. The van der Waals surface area contributed by atoms with Crippen molar-refractivity contribution in [1.29, 1.82) is 0 Å². The molecular formula is C11H24N4O3S. The highest BCUT2D eigenvalue weighted by molar-refractivity contribution is 7.88. The minimum Gasteiger partial charge on any atom is -0.378 e. The molecule has 7 nitrogen and oxygen atoms in total. The SMILES string of the molecule is CCN(CCCN=C(N)N1CCOCC1)S(C)(=O)=O. The summed E-state index contributed by atoms with van der Waals surface area (Å²) in [7, 11) is -3.11. The standard InChI is InChI=1S/C11H24N4O3S/c1-3-15(19(2,16)17)6-4-5-13-11(12)14-7-9-18-10-8-14/h3-10H2,1-2H3,(H2,12,13). The number of morpholine rings is 1. The van der Waals surface area contributed by atoms with Crippen LogP contribution in [-0.2, 0) is 14.8 Å². The first-order valence-electron chi connectivity index (χ1n) is 6.53. The van der Waals surface area contributed by atoms with Crippen molar-refractivity contribution in [1.82, 2.24) is 9.21 Å². The van der Waals surface area contributed by atoms with Crippen molar-refractivity contribution in [3.63, 3.8) is 0 Å². The average molecular weight is 292 g/mol. The van der Waals surface area contributed by atoms with E-state index < -0.39 is 10.0 Å². The summed E-state index contributed by atoms with van der Waals surface area (Å²) in [5, 5.41) is 0. The number of nitrogens with two attached hydrogens (primary N) is 1. The first-order chi connectivity index (χ1) is 8.95. The quantitative estimate of drug-likeness (QED) is 0.397. The maximum absolute atomic E-state index is 11.4. The number of ether oxygens (including phenoxy) is 1. The van der Waals surface area contributed by atoms with E-state index >= 15 is 0 Å². The van der Waals surface area contributed by atoms with Gasteiger partial charge in [0.25, 0.3) is 0 Å². The zero-order chi connectivity index (χ0) is 14.3. The summed E-state index contributed by atoms with van der Waals surface area (Å²) < 4.78 is 29.4. The molecule has 19 heavy (non-hydrogen) atoms. The van der Waals surface area contributed by atoms with E-state index in [1.165, 1.54) is 10.6 Å². The Bertz CT molecular complexity index is 391. The van der Waals surface area contributed by atoms with Crippen LogP contribution in [0.15, 0.2) is 4.99 Å². The number of nitrogens with zero attached hydrogens (tertiary/aromatic N) is 3. The molecule has 0 spiro atoms. The lowest BCUT2D eigenvalue weighted by Crippen LogP contribution is -2.44. The van der Waals surface area contributed by atoms with Crippen LogP contribution in [-0.4, -0.2) is 75.8 Å². The molecular weight excluding hydrogens is 268 g/mol. The molecule has 1 aliphatic rings. The lowest BCUT2D eigenvalue weighted by molar-refractivity contribution is 0.0674.